The van der Waals surface area contributed by atoms with Crippen LogP contribution < -0.4 is 10.1 Å². The Labute approximate surface area is 162 Å². The lowest BCUT2D eigenvalue weighted by Crippen LogP contribution is -2.23. The zero-order chi connectivity index (χ0) is 20.2. The van der Waals surface area contributed by atoms with Gasteiger partial charge in [0.25, 0.3) is 5.91 Å². The maximum Gasteiger partial charge on any atom is 0.262 e. The molecule has 0 unspecified atom stereocenters. The van der Waals surface area contributed by atoms with Gasteiger partial charge in [0.05, 0.1) is 21.2 Å². The molecule has 27 heavy (non-hydrogen) atoms. The van der Waals surface area contributed by atoms with E-state index in [4.69, 9.17) is 16.3 Å². The van der Waals surface area contributed by atoms with E-state index >= 15 is 0 Å². The highest BCUT2D eigenvalue weighted by Gasteiger charge is 2.19. The number of amides is 1. The summed E-state index contributed by atoms with van der Waals surface area (Å²) in [5.74, 6) is -0.444. The lowest BCUT2D eigenvalue weighted by Gasteiger charge is -2.14. The number of ketones is 1. The van der Waals surface area contributed by atoms with E-state index in [-0.39, 0.29) is 33.7 Å². The molecule has 0 saturated heterocycles. The number of carbonyl (C=O) groups excluding carboxylic acids is 2. The molecule has 0 radical (unpaired) electrons. The second kappa shape index (κ2) is 8.51. The third kappa shape index (κ3) is 5.06. The number of anilines is 1. The number of ether oxygens (including phenoxy) is 1. The molecular weight excluding hydrogens is 392 g/mol. The van der Waals surface area contributed by atoms with E-state index < -0.39 is 15.9 Å². The molecule has 2 aromatic rings. The first-order chi connectivity index (χ1) is 12.6. The van der Waals surface area contributed by atoms with Gasteiger partial charge < -0.3 is 10.1 Å². The topological polar surface area (TPSA) is 92.8 Å². The van der Waals surface area contributed by atoms with E-state index in [0.29, 0.717) is 5.56 Å². The van der Waals surface area contributed by atoms with Crippen LogP contribution in [0.4, 0.5) is 5.69 Å². The Morgan fingerprint density at radius 3 is 2.44 bits per heavy atom. The highest BCUT2D eigenvalue weighted by Crippen LogP contribution is 2.26. The van der Waals surface area contributed by atoms with Crippen LogP contribution in [0.15, 0.2) is 47.4 Å². The smallest absolute Gasteiger partial charge is 0.262 e. The number of nitrogens with one attached hydrogen (secondary N) is 1. The number of sulfonamides is 1. The van der Waals surface area contributed by atoms with Crippen LogP contribution in [0.5, 0.6) is 5.75 Å². The molecule has 7 nitrogen and oxygen atoms in total. The number of hydrogen-bond donors (Lipinski definition) is 1. The first kappa shape index (κ1) is 20.9. The summed E-state index contributed by atoms with van der Waals surface area (Å²) in [5.41, 5.74) is 0.510. The molecular formula is C18H19ClN2O5S. The number of hydrogen-bond acceptors (Lipinski definition) is 5. The summed E-state index contributed by atoms with van der Waals surface area (Å²) in [6.07, 6.45) is 0. The van der Waals surface area contributed by atoms with Crippen LogP contribution in [0.3, 0.4) is 0 Å². The van der Waals surface area contributed by atoms with Crippen molar-refractivity contribution in [3.05, 3.63) is 53.1 Å². The minimum atomic E-state index is -3.67. The Hall–Kier alpha value is -2.42. The Bertz CT molecular complexity index is 973. The van der Waals surface area contributed by atoms with E-state index in [9.17, 15) is 18.0 Å². The first-order valence-electron chi connectivity index (χ1n) is 7.87. The molecule has 2 rings (SSSR count). The number of benzene rings is 2. The van der Waals surface area contributed by atoms with Gasteiger partial charge in [0, 0.05) is 14.1 Å². The van der Waals surface area contributed by atoms with Crippen LogP contribution in [0, 0.1) is 0 Å². The summed E-state index contributed by atoms with van der Waals surface area (Å²) in [6, 6.07) is 10.6. The zero-order valence-corrected chi connectivity index (χ0v) is 16.6. The Kier molecular flexibility index (Phi) is 6.59. The monoisotopic (exact) mass is 410 g/mol. The van der Waals surface area contributed by atoms with E-state index in [1.165, 1.54) is 39.2 Å². The molecule has 0 saturated carbocycles. The average Bonchev–Trinajstić information content (AvgIpc) is 2.61. The minimum absolute atomic E-state index is 0.00459. The molecule has 0 aliphatic rings. The molecule has 9 heteroatoms. The quantitative estimate of drug-likeness (QED) is 0.708. The summed E-state index contributed by atoms with van der Waals surface area (Å²) >= 11 is 6.05. The van der Waals surface area contributed by atoms with Crippen molar-refractivity contribution in [1.82, 2.24) is 4.31 Å². The average molecular weight is 411 g/mol. The molecule has 1 amide bonds. The van der Waals surface area contributed by atoms with Gasteiger partial charge >= 0.3 is 0 Å². The molecule has 1 N–H and O–H groups in total. The number of Topliss-reactive ketones (excluding diaryl/α,β-unsaturated/α-hetero) is 1. The second-order valence-corrected chi connectivity index (χ2v) is 8.38. The maximum absolute atomic E-state index is 12.2. The molecule has 144 valence electrons. The van der Waals surface area contributed by atoms with Gasteiger partial charge in [0.2, 0.25) is 10.0 Å². The Balaban J connectivity index is 2.14. The van der Waals surface area contributed by atoms with Crippen molar-refractivity contribution in [3.63, 3.8) is 0 Å². The largest absolute Gasteiger partial charge is 0.483 e. The third-order valence-corrected chi connectivity index (χ3v) is 5.76. The van der Waals surface area contributed by atoms with Crippen LogP contribution in [-0.2, 0) is 14.8 Å². The minimum Gasteiger partial charge on any atom is -0.483 e. The molecule has 0 fully saturated rings. The summed E-state index contributed by atoms with van der Waals surface area (Å²) in [4.78, 5) is 23.7. The van der Waals surface area contributed by atoms with Crippen LogP contribution in [0.1, 0.15) is 17.3 Å². The Morgan fingerprint density at radius 1 is 1.15 bits per heavy atom. The fraction of sp³-hybridized carbons (Fsp3) is 0.222. The molecule has 2 aromatic carbocycles. The number of nitrogens with zero attached hydrogens (tertiary/aromatic N) is 1. The van der Waals surface area contributed by atoms with Crippen molar-refractivity contribution in [2.75, 3.05) is 26.0 Å². The molecule has 0 bridgehead atoms. The van der Waals surface area contributed by atoms with Gasteiger partial charge in [-0.05, 0) is 37.3 Å². The van der Waals surface area contributed by atoms with Crippen LogP contribution in [0.2, 0.25) is 5.02 Å². The SMILES string of the molecule is CC(=O)c1ccccc1OCC(=O)Nc1cc(S(=O)(=O)N(C)C)ccc1Cl. The van der Waals surface area contributed by atoms with E-state index in [1.54, 1.807) is 24.3 Å². The highest BCUT2D eigenvalue weighted by molar-refractivity contribution is 7.89. The van der Waals surface area contributed by atoms with Crippen LogP contribution >= 0.6 is 11.6 Å². The van der Waals surface area contributed by atoms with Gasteiger partial charge in [0.1, 0.15) is 5.75 Å². The van der Waals surface area contributed by atoms with Gasteiger partial charge in [-0.2, -0.15) is 0 Å². The highest BCUT2D eigenvalue weighted by atomic mass is 35.5. The lowest BCUT2D eigenvalue weighted by molar-refractivity contribution is -0.118. The van der Waals surface area contributed by atoms with Crippen molar-refractivity contribution >= 4 is 39.0 Å². The normalized spacial score (nSPS) is 11.3. The molecule has 0 aliphatic heterocycles. The van der Waals surface area contributed by atoms with E-state index in [0.717, 1.165) is 4.31 Å². The second-order valence-electron chi connectivity index (χ2n) is 5.82. The van der Waals surface area contributed by atoms with Gasteiger partial charge in [-0.3, -0.25) is 9.59 Å². The molecule has 0 heterocycles. The molecule has 0 atom stereocenters. The molecule has 0 spiro atoms. The van der Waals surface area contributed by atoms with Crippen molar-refractivity contribution in [1.29, 1.82) is 0 Å². The van der Waals surface area contributed by atoms with E-state index in [2.05, 4.69) is 5.32 Å². The van der Waals surface area contributed by atoms with Gasteiger partial charge in [-0.15, -0.1) is 0 Å². The number of halogens is 1. The predicted molar refractivity (Wildman–Crippen MR) is 103 cm³/mol. The molecule has 0 aliphatic carbocycles. The third-order valence-electron chi connectivity index (χ3n) is 3.62. The van der Waals surface area contributed by atoms with Crippen LogP contribution in [0.25, 0.3) is 0 Å². The lowest BCUT2D eigenvalue weighted by atomic mass is 10.1. The number of rotatable bonds is 7. The summed E-state index contributed by atoms with van der Waals surface area (Å²) in [7, 11) is -0.857. The van der Waals surface area contributed by atoms with Crippen molar-refractivity contribution in [2.45, 2.75) is 11.8 Å². The maximum atomic E-state index is 12.2. The number of carbonyl (C=O) groups is 2. The van der Waals surface area contributed by atoms with Gasteiger partial charge in [0.15, 0.2) is 12.4 Å². The summed E-state index contributed by atoms with van der Waals surface area (Å²) in [5, 5.41) is 2.70. The van der Waals surface area contributed by atoms with Crippen molar-refractivity contribution < 1.29 is 22.7 Å². The number of para-hydroxylation sites is 1. The Morgan fingerprint density at radius 2 is 1.81 bits per heavy atom. The summed E-state index contributed by atoms with van der Waals surface area (Å²) in [6.45, 7) is 1.03. The van der Waals surface area contributed by atoms with E-state index in [1.807, 2.05) is 0 Å². The molecule has 0 aromatic heterocycles. The fourth-order valence-electron chi connectivity index (χ4n) is 2.18. The standard InChI is InChI=1S/C18H19ClN2O5S/c1-12(22)14-6-4-5-7-17(14)26-11-18(23)20-16-10-13(8-9-15(16)19)27(24,25)21(2)3/h4-10H,11H2,1-3H3,(H,20,23). The van der Waals surface area contributed by atoms with Gasteiger partial charge in [-0.25, -0.2) is 12.7 Å². The van der Waals surface area contributed by atoms with Crippen LogP contribution in [-0.4, -0.2) is 45.1 Å². The zero-order valence-electron chi connectivity index (χ0n) is 15.0. The van der Waals surface area contributed by atoms with Gasteiger partial charge in [-0.1, -0.05) is 23.7 Å². The fourth-order valence-corrected chi connectivity index (χ4v) is 3.28. The predicted octanol–water partition coefficient (Wildman–Crippen LogP) is 2.81. The van der Waals surface area contributed by atoms with Crippen molar-refractivity contribution in [3.8, 4) is 5.75 Å². The summed E-state index contributed by atoms with van der Waals surface area (Å²) < 4.78 is 30.9. The van der Waals surface area contributed by atoms with Crippen molar-refractivity contribution in [2.24, 2.45) is 0 Å². The first-order valence-corrected chi connectivity index (χ1v) is 9.69.